The van der Waals surface area contributed by atoms with Crippen molar-refractivity contribution in [2.45, 2.75) is 52.0 Å². The van der Waals surface area contributed by atoms with Crippen LogP contribution in [0.5, 0.6) is 0 Å². The number of hydrogen-bond acceptors (Lipinski definition) is 4. The number of aliphatic hydroxyl groups excluding tert-OH is 1. The Morgan fingerprint density at radius 2 is 2.10 bits per heavy atom. The van der Waals surface area contributed by atoms with Crippen molar-refractivity contribution in [2.24, 2.45) is 5.73 Å². The van der Waals surface area contributed by atoms with E-state index in [0.29, 0.717) is 13.1 Å². The zero-order valence-electron chi connectivity index (χ0n) is 12.6. The molecule has 4 nitrogen and oxygen atoms in total. The Bertz CT molecular complexity index is 434. The van der Waals surface area contributed by atoms with Crippen molar-refractivity contribution in [1.82, 2.24) is 4.98 Å². The largest absolute Gasteiger partial charge is 0.395 e. The highest BCUT2D eigenvalue weighted by Gasteiger charge is 2.18. The number of nitrogens with two attached hydrogens (primary N) is 1. The molecule has 3 N–H and O–H groups in total. The minimum absolute atomic E-state index is 0.159. The number of unbranched alkanes of at least 4 members (excludes halogenated alkanes) is 1. The summed E-state index contributed by atoms with van der Waals surface area (Å²) in [5, 5.41) is 9.30. The number of anilines is 1. The highest BCUT2D eigenvalue weighted by atomic mass is 16.3. The summed E-state index contributed by atoms with van der Waals surface area (Å²) in [5.74, 6) is 0.996. The van der Waals surface area contributed by atoms with Crippen LogP contribution in [0.3, 0.4) is 0 Å². The quantitative estimate of drug-likeness (QED) is 0.800. The molecule has 1 aliphatic rings. The van der Waals surface area contributed by atoms with E-state index in [1.165, 1.54) is 24.1 Å². The van der Waals surface area contributed by atoms with Crippen molar-refractivity contribution in [1.29, 1.82) is 0 Å². The number of aromatic nitrogens is 1. The fourth-order valence-corrected chi connectivity index (χ4v) is 2.89. The lowest BCUT2D eigenvalue weighted by Crippen LogP contribution is -2.30. The van der Waals surface area contributed by atoms with E-state index in [4.69, 9.17) is 10.7 Å². The molecule has 1 aromatic heterocycles. The van der Waals surface area contributed by atoms with Crippen LogP contribution in [0, 0.1) is 0 Å². The highest BCUT2D eigenvalue weighted by molar-refractivity contribution is 5.50. The number of aliphatic hydroxyl groups is 1. The van der Waals surface area contributed by atoms with Crippen molar-refractivity contribution >= 4 is 5.82 Å². The highest BCUT2D eigenvalue weighted by Crippen LogP contribution is 2.26. The van der Waals surface area contributed by atoms with Gasteiger partial charge in [-0.3, -0.25) is 0 Å². The maximum absolute atomic E-state index is 9.30. The zero-order chi connectivity index (χ0) is 14.4. The van der Waals surface area contributed by atoms with E-state index in [0.717, 1.165) is 43.6 Å². The van der Waals surface area contributed by atoms with Crippen LogP contribution in [-0.4, -0.2) is 29.8 Å². The van der Waals surface area contributed by atoms with Gasteiger partial charge in [-0.15, -0.1) is 0 Å². The van der Waals surface area contributed by atoms with Gasteiger partial charge in [0.2, 0.25) is 0 Å². The number of fused-ring (bicyclic) bond motifs is 1. The van der Waals surface area contributed by atoms with Crippen molar-refractivity contribution in [3.63, 3.8) is 0 Å². The average molecular weight is 277 g/mol. The van der Waals surface area contributed by atoms with Crippen LogP contribution in [0.25, 0.3) is 0 Å². The minimum atomic E-state index is 0.159. The SMILES string of the molecule is CCCCN(CCO)c1nc2c(cc1CN)CCCC2. The summed E-state index contributed by atoms with van der Waals surface area (Å²) in [6, 6.07) is 2.24. The molecular formula is C16H27N3O. The Labute approximate surface area is 122 Å². The van der Waals surface area contributed by atoms with Crippen molar-refractivity contribution in [3.8, 4) is 0 Å². The van der Waals surface area contributed by atoms with Gasteiger partial charge in [-0.2, -0.15) is 0 Å². The molecule has 0 saturated carbocycles. The van der Waals surface area contributed by atoms with Crippen LogP contribution in [0.1, 0.15) is 49.4 Å². The molecule has 0 radical (unpaired) electrons. The lowest BCUT2D eigenvalue weighted by Gasteiger charge is -2.27. The van der Waals surface area contributed by atoms with Gasteiger partial charge in [0.15, 0.2) is 0 Å². The van der Waals surface area contributed by atoms with E-state index in [2.05, 4.69) is 17.9 Å². The summed E-state index contributed by atoms with van der Waals surface area (Å²) in [6.45, 7) is 4.44. The fraction of sp³-hybridized carbons (Fsp3) is 0.688. The van der Waals surface area contributed by atoms with Crippen LogP contribution in [-0.2, 0) is 19.4 Å². The Morgan fingerprint density at radius 3 is 2.80 bits per heavy atom. The van der Waals surface area contributed by atoms with Gasteiger partial charge in [0, 0.05) is 30.9 Å². The Balaban J connectivity index is 2.30. The first kappa shape index (κ1) is 15.3. The van der Waals surface area contributed by atoms with Gasteiger partial charge in [-0.1, -0.05) is 13.3 Å². The van der Waals surface area contributed by atoms with Gasteiger partial charge in [-0.25, -0.2) is 4.98 Å². The Morgan fingerprint density at radius 1 is 1.30 bits per heavy atom. The molecule has 0 aliphatic heterocycles. The summed E-state index contributed by atoms with van der Waals surface area (Å²) in [5.41, 5.74) is 9.65. The molecule has 0 atom stereocenters. The van der Waals surface area contributed by atoms with E-state index in [-0.39, 0.29) is 6.61 Å². The Kier molecular flexibility index (Phi) is 5.80. The third-order valence-corrected chi connectivity index (χ3v) is 4.03. The standard InChI is InChI=1S/C16H27N3O/c1-2-3-8-19(9-10-20)16-14(12-17)11-13-6-4-5-7-15(13)18-16/h11,20H,2-10,12,17H2,1H3. The van der Waals surface area contributed by atoms with Gasteiger partial charge in [0.05, 0.1) is 6.61 Å². The molecule has 2 rings (SSSR count). The second-order valence-corrected chi connectivity index (χ2v) is 5.55. The predicted molar refractivity (Wildman–Crippen MR) is 83.0 cm³/mol. The maximum atomic E-state index is 9.30. The number of nitrogens with zero attached hydrogens (tertiary/aromatic N) is 2. The van der Waals surface area contributed by atoms with E-state index >= 15 is 0 Å². The molecule has 4 heteroatoms. The second-order valence-electron chi connectivity index (χ2n) is 5.55. The molecular weight excluding hydrogens is 250 g/mol. The molecule has 20 heavy (non-hydrogen) atoms. The molecule has 1 aromatic rings. The van der Waals surface area contributed by atoms with Gasteiger partial charge in [0.25, 0.3) is 0 Å². The molecule has 1 heterocycles. The van der Waals surface area contributed by atoms with Crippen LogP contribution in [0.4, 0.5) is 5.82 Å². The van der Waals surface area contributed by atoms with E-state index < -0.39 is 0 Å². The smallest absolute Gasteiger partial charge is 0.133 e. The van der Waals surface area contributed by atoms with E-state index in [1.54, 1.807) is 0 Å². The van der Waals surface area contributed by atoms with Gasteiger partial charge < -0.3 is 15.7 Å². The number of aryl methyl sites for hydroxylation is 2. The first-order valence-electron chi connectivity index (χ1n) is 7.87. The molecule has 1 aliphatic carbocycles. The summed E-state index contributed by atoms with van der Waals surface area (Å²) >= 11 is 0. The van der Waals surface area contributed by atoms with Crippen LogP contribution in [0.15, 0.2) is 6.07 Å². The number of pyridine rings is 1. The number of hydrogen-bond donors (Lipinski definition) is 2. The second kappa shape index (κ2) is 7.60. The predicted octanol–water partition coefficient (Wildman–Crippen LogP) is 2.02. The van der Waals surface area contributed by atoms with E-state index in [1.807, 2.05) is 0 Å². The number of rotatable bonds is 7. The molecule has 112 valence electrons. The van der Waals surface area contributed by atoms with Crippen molar-refractivity contribution in [2.75, 3.05) is 24.6 Å². The van der Waals surface area contributed by atoms with Crippen LogP contribution < -0.4 is 10.6 Å². The summed E-state index contributed by atoms with van der Waals surface area (Å²) in [6.07, 6.45) is 6.96. The monoisotopic (exact) mass is 277 g/mol. The molecule has 0 bridgehead atoms. The fourth-order valence-electron chi connectivity index (χ4n) is 2.89. The first-order chi connectivity index (χ1) is 9.80. The maximum Gasteiger partial charge on any atom is 0.133 e. The lowest BCUT2D eigenvalue weighted by molar-refractivity contribution is 0.301. The minimum Gasteiger partial charge on any atom is -0.395 e. The van der Waals surface area contributed by atoms with Crippen molar-refractivity contribution in [3.05, 3.63) is 22.9 Å². The molecule has 0 spiro atoms. The van der Waals surface area contributed by atoms with E-state index in [9.17, 15) is 5.11 Å². The first-order valence-corrected chi connectivity index (χ1v) is 7.87. The van der Waals surface area contributed by atoms with Crippen LogP contribution >= 0.6 is 0 Å². The zero-order valence-corrected chi connectivity index (χ0v) is 12.6. The third-order valence-electron chi connectivity index (χ3n) is 4.03. The molecule has 0 saturated heterocycles. The summed E-state index contributed by atoms with van der Waals surface area (Å²) < 4.78 is 0. The molecule has 0 amide bonds. The van der Waals surface area contributed by atoms with Gasteiger partial charge in [-0.05, 0) is 43.7 Å². The Hall–Kier alpha value is -1.13. The summed E-state index contributed by atoms with van der Waals surface area (Å²) in [4.78, 5) is 7.09. The molecule has 0 unspecified atom stereocenters. The normalized spacial score (nSPS) is 14.2. The molecule has 0 aromatic carbocycles. The van der Waals surface area contributed by atoms with Gasteiger partial charge >= 0.3 is 0 Å². The third kappa shape index (κ3) is 3.49. The van der Waals surface area contributed by atoms with Gasteiger partial charge in [0.1, 0.15) is 5.82 Å². The molecule has 0 fully saturated rings. The average Bonchev–Trinajstić information content (AvgIpc) is 2.50. The summed E-state index contributed by atoms with van der Waals surface area (Å²) in [7, 11) is 0. The topological polar surface area (TPSA) is 62.4 Å². The lowest BCUT2D eigenvalue weighted by atomic mass is 9.94. The van der Waals surface area contributed by atoms with Crippen molar-refractivity contribution < 1.29 is 5.11 Å². The van der Waals surface area contributed by atoms with Crippen LogP contribution in [0.2, 0.25) is 0 Å².